The van der Waals surface area contributed by atoms with E-state index in [1.807, 2.05) is 18.2 Å². The van der Waals surface area contributed by atoms with Crippen LogP contribution in [-0.4, -0.2) is 27.9 Å². The Balaban J connectivity index is 2.15. The van der Waals surface area contributed by atoms with Gasteiger partial charge in [0.05, 0.1) is 19.5 Å². The number of hydrogen-bond donors (Lipinski definition) is 0. The van der Waals surface area contributed by atoms with Gasteiger partial charge in [0.1, 0.15) is 0 Å². The lowest BCUT2D eigenvalue weighted by atomic mass is 10.2. The van der Waals surface area contributed by atoms with E-state index in [-0.39, 0.29) is 6.61 Å². The Labute approximate surface area is 107 Å². The zero-order valence-electron chi connectivity index (χ0n) is 9.56. The van der Waals surface area contributed by atoms with Gasteiger partial charge in [-0.25, -0.2) is 0 Å². The zero-order valence-corrected chi connectivity index (χ0v) is 11.1. The Bertz CT molecular complexity index is 445. The minimum atomic E-state index is -3.35. The monoisotopic (exact) mass is 278 g/mol. The number of halogens is 1. The van der Waals surface area contributed by atoms with Crippen LogP contribution in [0, 0.1) is 0 Å². The fourth-order valence-corrected chi connectivity index (χ4v) is 1.78. The first-order valence-electron chi connectivity index (χ1n) is 5.14. The lowest BCUT2D eigenvalue weighted by Crippen LogP contribution is -2.06. The van der Waals surface area contributed by atoms with Crippen molar-refractivity contribution in [2.75, 3.05) is 19.5 Å². The molecule has 0 aromatic heterocycles. The molecule has 96 valence electrons. The van der Waals surface area contributed by atoms with Gasteiger partial charge in [-0.15, -0.1) is 0 Å². The predicted molar refractivity (Wildman–Crippen MR) is 66.5 cm³/mol. The molecule has 4 nitrogen and oxygen atoms in total. The summed E-state index contributed by atoms with van der Waals surface area (Å²) in [5, 5.41) is 0.667. The molecule has 0 aliphatic heterocycles. The SMILES string of the molecule is CS(=O)(=O)OCCCOCc1ccccc1Cl. The van der Waals surface area contributed by atoms with Crippen molar-refractivity contribution in [2.24, 2.45) is 0 Å². The predicted octanol–water partition coefficient (Wildman–Crippen LogP) is 2.22. The van der Waals surface area contributed by atoms with Gasteiger partial charge in [0, 0.05) is 11.6 Å². The molecule has 0 saturated carbocycles. The first-order valence-corrected chi connectivity index (χ1v) is 7.34. The van der Waals surface area contributed by atoms with E-state index < -0.39 is 10.1 Å². The van der Waals surface area contributed by atoms with Gasteiger partial charge in [0.25, 0.3) is 10.1 Å². The van der Waals surface area contributed by atoms with Crippen molar-refractivity contribution in [3.05, 3.63) is 34.9 Å². The molecule has 0 heterocycles. The minimum absolute atomic E-state index is 0.140. The van der Waals surface area contributed by atoms with E-state index >= 15 is 0 Å². The Morgan fingerprint density at radius 3 is 2.59 bits per heavy atom. The van der Waals surface area contributed by atoms with Crippen LogP contribution < -0.4 is 0 Å². The summed E-state index contributed by atoms with van der Waals surface area (Å²) in [7, 11) is -3.35. The third kappa shape index (κ3) is 6.63. The molecule has 0 aliphatic rings. The second-order valence-electron chi connectivity index (χ2n) is 3.52. The van der Waals surface area contributed by atoms with Crippen LogP contribution in [0.5, 0.6) is 0 Å². The first-order chi connectivity index (χ1) is 7.99. The fraction of sp³-hybridized carbons (Fsp3) is 0.455. The Morgan fingerprint density at radius 2 is 1.94 bits per heavy atom. The van der Waals surface area contributed by atoms with Gasteiger partial charge in [0.2, 0.25) is 0 Å². The molecular weight excluding hydrogens is 264 g/mol. The average Bonchev–Trinajstić information content (AvgIpc) is 2.24. The van der Waals surface area contributed by atoms with Crippen LogP contribution in [0.15, 0.2) is 24.3 Å². The highest BCUT2D eigenvalue weighted by atomic mass is 35.5. The van der Waals surface area contributed by atoms with E-state index in [1.54, 1.807) is 6.07 Å². The summed E-state index contributed by atoms with van der Waals surface area (Å²) >= 11 is 5.94. The summed E-state index contributed by atoms with van der Waals surface area (Å²) in [5.41, 5.74) is 0.915. The maximum Gasteiger partial charge on any atom is 0.264 e. The molecule has 1 aromatic rings. The Kier molecular flexibility index (Phi) is 5.91. The van der Waals surface area contributed by atoms with Gasteiger partial charge < -0.3 is 4.74 Å². The molecule has 0 unspecified atom stereocenters. The van der Waals surface area contributed by atoms with E-state index in [9.17, 15) is 8.42 Å². The van der Waals surface area contributed by atoms with E-state index in [0.717, 1.165) is 11.8 Å². The van der Waals surface area contributed by atoms with Gasteiger partial charge in [-0.3, -0.25) is 4.18 Å². The lowest BCUT2D eigenvalue weighted by molar-refractivity contribution is 0.108. The fourth-order valence-electron chi connectivity index (χ4n) is 1.17. The molecule has 1 aromatic carbocycles. The number of benzene rings is 1. The Morgan fingerprint density at radius 1 is 1.24 bits per heavy atom. The lowest BCUT2D eigenvalue weighted by Gasteiger charge is -2.05. The van der Waals surface area contributed by atoms with Gasteiger partial charge in [-0.05, 0) is 18.1 Å². The van der Waals surface area contributed by atoms with E-state index in [4.69, 9.17) is 16.3 Å². The van der Waals surface area contributed by atoms with Crippen molar-refractivity contribution in [3.8, 4) is 0 Å². The van der Waals surface area contributed by atoms with Crippen molar-refractivity contribution in [2.45, 2.75) is 13.0 Å². The topological polar surface area (TPSA) is 52.6 Å². The number of ether oxygens (including phenoxy) is 1. The highest BCUT2D eigenvalue weighted by molar-refractivity contribution is 7.85. The quantitative estimate of drug-likeness (QED) is 0.567. The molecule has 0 spiro atoms. The number of hydrogen-bond acceptors (Lipinski definition) is 4. The largest absolute Gasteiger partial charge is 0.377 e. The maximum atomic E-state index is 10.6. The van der Waals surface area contributed by atoms with Crippen LogP contribution in [0.1, 0.15) is 12.0 Å². The third-order valence-electron chi connectivity index (χ3n) is 1.95. The van der Waals surface area contributed by atoms with Gasteiger partial charge >= 0.3 is 0 Å². The van der Waals surface area contributed by atoms with Crippen molar-refractivity contribution in [1.82, 2.24) is 0 Å². The Hall–Kier alpha value is -0.620. The van der Waals surface area contributed by atoms with Crippen LogP contribution in [0.4, 0.5) is 0 Å². The summed E-state index contributed by atoms with van der Waals surface area (Å²) in [4.78, 5) is 0. The molecule has 0 amide bonds. The minimum Gasteiger partial charge on any atom is -0.377 e. The molecule has 6 heteroatoms. The summed E-state index contributed by atoms with van der Waals surface area (Å²) in [6.45, 7) is 0.987. The van der Waals surface area contributed by atoms with Crippen molar-refractivity contribution < 1.29 is 17.3 Å². The van der Waals surface area contributed by atoms with Gasteiger partial charge in [-0.1, -0.05) is 29.8 Å². The molecule has 0 radical (unpaired) electrons. The molecule has 1 rings (SSSR count). The van der Waals surface area contributed by atoms with Gasteiger partial charge in [0.15, 0.2) is 0 Å². The average molecular weight is 279 g/mol. The molecule has 0 aliphatic carbocycles. The first kappa shape index (κ1) is 14.4. The zero-order chi connectivity index (χ0) is 12.7. The molecule has 0 atom stereocenters. The second-order valence-corrected chi connectivity index (χ2v) is 5.57. The molecule has 0 fully saturated rings. The summed E-state index contributed by atoms with van der Waals surface area (Å²) in [6, 6.07) is 7.42. The van der Waals surface area contributed by atoms with Crippen LogP contribution in [0.2, 0.25) is 5.02 Å². The van der Waals surface area contributed by atoms with Crippen LogP contribution in [-0.2, 0) is 25.6 Å². The van der Waals surface area contributed by atoms with Crippen molar-refractivity contribution in [1.29, 1.82) is 0 Å². The van der Waals surface area contributed by atoms with E-state index in [1.165, 1.54) is 0 Å². The molecule has 0 bridgehead atoms. The van der Waals surface area contributed by atoms with Crippen molar-refractivity contribution in [3.63, 3.8) is 0 Å². The number of rotatable bonds is 7. The highest BCUT2D eigenvalue weighted by Gasteiger charge is 2.01. The summed E-state index contributed by atoms with van der Waals surface area (Å²) < 4.78 is 31.2. The van der Waals surface area contributed by atoms with Crippen LogP contribution in [0.25, 0.3) is 0 Å². The summed E-state index contributed by atoms with van der Waals surface area (Å²) in [6.07, 6.45) is 1.55. The molecular formula is C11H15ClO4S. The smallest absolute Gasteiger partial charge is 0.264 e. The van der Waals surface area contributed by atoms with Crippen molar-refractivity contribution >= 4 is 21.7 Å². The third-order valence-corrected chi connectivity index (χ3v) is 2.91. The van der Waals surface area contributed by atoms with Gasteiger partial charge in [-0.2, -0.15) is 8.42 Å². The highest BCUT2D eigenvalue weighted by Crippen LogP contribution is 2.15. The summed E-state index contributed by atoms with van der Waals surface area (Å²) in [5.74, 6) is 0. The van der Waals surface area contributed by atoms with E-state index in [0.29, 0.717) is 24.7 Å². The molecule has 0 N–H and O–H groups in total. The maximum absolute atomic E-state index is 10.6. The van der Waals surface area contributed by atoms with E-state index in [2.05, 4.69) is 4.18 Å². The standard InChI is InChI=1S/C11H15ClO4S/c1-17(13,14)16-8-4-7-15-9-10-5-2-3-6-11(10)12/h2-3,5-6H,4,7-9H2,1H3. The van der Waals surface area contributed by atoms with Crippen LogP contribution in [0.3, 0.4) is 0 Å². The normalized spacial score (nSPS) is 11.6. The molecule has 0 saturated heterocycles. The molecule has 17 heavy (non-hydrogen) atoms. The second kappa shape index (κ2) is 6.96. The van der Waals surface area contributed by atoms with Crippen LogP contribution >= 0.6 is 11.6 Å².